The zero-order valence-corrected chi connectivity index (χ0v) is 27.3. The summed E-state index contributed by atoms with van der Waals surface area (Å²) in [5.41, 5.74) is 1.65. The van der Waals surface area contributed by atoms with Gasteiger partial charge in [-0.15, -0.1) is 0 Å². The molecule has 47 heavy (non-hydrogen) atoms. The highest BCUT2D eigenvalue weighted by Crippen LogP contribution is 2.44. The highest BCUT2D eigenvalue weighted by Gasteiger charge is 2.47. The first-order valence-electron chi connectivity index (χ1n) is 16.9. The molecule has 3 heterocycles. The van der Waals surface area contributed by atoms with Crippen LogP contribution in [0.2, 0.25) is 0 Å². The molecular weight excluding hydrogens is 611 g/mol. The molecule has 0 bridgehead atoms. The SMILES string of the molecule is COC[C@H]1C[C@H](c2ccc(C(F)(F)F)cc2N2CCC(C(=O)O)CC2)CN1C(=O)[C@@H]1CN(C2CCCC2)C[C@H]1c1ccc(OC)cc1. The van der Waals surface area contributed by atoms with Crippen LogP contribution in [0.4, 0.5) is 18.9 Å². The van der Waals surface area contributed by atoms with Crippen molar-refractivity contribution in [1.82, 2.24) is 9.80 Å². The lowest BCUT2D eigenvalue weighted by Crippen LogP contribution is -2.44. The molecule has 11 heteroatoms. The predicted molar refractivity (Wildman–Crippen MR) is 172 cm³/mol. The van der Waals surface area contributed by atoms with E-state index in [1.165, 1.54) is 18.9 Å². The largest absolute Gasteiger partial charge is 0.497 e. The molecule has 0 unspecified atom stereocenters. The standard InChI is InChI=1S/C36H46F3N3O5/c1-46-22-28-17-25(30-12-9-26(36(37,38)39)18-33(30)40-15-13-24(14-16-40)35(44)45)19-42(28)34(43)32-21-41(27-5-3-4-6-27)20-31(32)23-7-10-29(47-2)11-8-23/h7-12,18,24-25,27-28,31-32H,3-6,13-17,19-22H2,1-2H3,(H,44,45)/t25-,28+,31-,32+/m0/s1. The van der Waals surface area contributed by atoms with Crippen LogP contribution in [0.15, 0.2) is 42.5 Å². The topological polar surface area (TPSA) is 82.5 Å². The van der Waals surface area contributed by atoms with Crippen LogP contribution in [0.25, 0.3) is 0 Å². The highest BCUT2D eigenvalue weighted by molar-refractivity contribution is 5.82. The number of carbonyl (C=O) groups is 2. The van der Waals surface area contributed by atoms with Gasteiger partial charge in [-0.3, -0.25) is 14.5 Å². The number of benzene rings is 2. The molecule has 6 rings (SSSR count). The molecule has 0 spiro atoms. The first-order valence-corrected chi connectivity index (χ1v) is 16.9. The molecule has 0 aromatic heterocycles. The number of nitrogens with zero attached hydrogens (tertiary/aromatic N) is 3. The van der Waals surface area contributed by atoms with Gasteiger partial charge in [-0.25, -0.2) is 0 Å². The second kappa shape index (κ2) is 14.0. The van der Waals surface area contributed by atoms with E-state index in [9.17, 15) is 27.9 Å². The van der Waals surface area contributed by atoms with Crippen molar-refractivity contribution in [3.63, 3.8) is 0 Å². The molecule has 1 saturated carbocycles. The molecule has 0 radical (unpaired) electrons. The number of hydrogen-bond donors (Lipinski definition) is 1. The minimum absolute atomic E-state index is 0.0217. The van der Waals surface area contributed by atoms with Crippen LogP contribution in [-0.2, 0) is 20.5 Å². The number of piperidine rings is 1. The van der Waals surface area contributed by atoms with Crippen LogP contribution < -0.4 is 9.64 Å². The van der Waals surface area contributed by atoms with Crippen LogP contribution >= 0.6 is 0 Å². The molecule has 1 aliphatic carbocycles. The van der Waals surface area contributed by atoms with Gasteiger partial charge in [0.25, 0.3) is 0 Å². The number of likely N-dealkylation sites (tertiary alicyclic amines) is 2. The summed E-state index contributed by atoms with van der Waals surface area (Å²) < 4.78 is 52.7. The van der Waals surface area contributed by atoms with Crippen LogP contribution in [0.5, 0.6) is 5.75 Å². The number of ether oxygens (including phenoxy) is 2. The van der Waals surface area contributed by atoms with Crippen LogP contribution in [0.1, 0.15) is 73.5 Å². The van der Waals surface area contributed by atoms with E-state index in [4.69, 9.17) is 9.47 Å². The molecule has 3 aliphatic heterocycles. The van der Waals surface area contributed by atoms with E-state index in [1.807, 2.05) is 21.9 Å². The number of alkyl halides is 3. The van der Waals surface area contributed by atoms with Crippen molar-refractivity contribution in [2.45, 2.75) is 75.0 Å². The fourth-order valence-corrected chi connectivity index (χ4v) is 8.52. The number of methoxy groups -OCH3 is 2. The van der Waals surface area contributed by atoms with Crippen LogP contribution in [0.3, 0.4) is 0 Å². The summed E-state index contributed by atoms with van der Waals surface area (Å²) in [4.78, 5) is 32.6. The first kappa shape index (κ1) is 33.6. The summed E-state index contributed by atoms with van der Waals surface area (Å²) in [6.07, 6.45) is 1.53. The minimum atomic E-state index is -4.51. The Morgan fingerprint density at radius 1 is 0.936 bits per heavy atom. The summed E-state index contributed by atoms with van der Waals surface area (Å²) in [6, 6.07) is 12.2. The third kappa shape index (κ3) is 7.11. The maximum atomic E-state index is 14.7. The Bertz CT molecular complexity index is 1410. The molecule has 4 atom stereocenters. The number of halogens is 3. The molecule has 4 aliphatic rings. The zero-order chi connectivity index (χ0) is 33.3. The molecule has 256 valence electrons. The van der Waals surface area contributed by atoms with Gasteiger partial charge in [-0.05, 0) is 67.5 Å². The average molecular weight is 658 g/mol. The van der Waals surface area contributed by atoms with Crippen molar-refractivity contribution in [2.24, 2.45) is 11.8 Å². The quantitative estimate of drug-likeness (QED) is 0.354. The zero-order valence-electron chi connectivity index (χ0n) is 27.3. The van der Waals surface area contributed by atoms with Crippen molar-refractivity contribution in [1.29, 1.82) is 0 Å². The van der Waals surface area contributed by atoms with E-state index in [0.717, 1.165) is 42.3 Å². The lowest BCUT2D eigenvalue weighted by molar-refractivity contribution is -0.142. The van der Waals surface area contributed by atoms with Crippen molar-refractivity contribution in [3.05, 3.63) is 59.2 Å². The Morgan fingerprint density at radius 3 is 2.26 bits per heavy atom. The van der Waals surface area contributed by atoms with E-state index in [2.05, 4.69) is 17.0 Å². The molecule has 1 amide bonds. The number of anilines is 1. The smallest absolute Gasteiger partial charge is 0.416 e. The van der Waals surface area contributed by atoms with Gasteiger partial charge in [0.05, 0.1) is 37.2 Å². The average Bonchev–Trinajstić information content (AvgIpc) is 3.85. The number of amides is 1. The molecule has 8 nitrogen and oxygen atoms in total. The summed E-state index contributed by atoms with van der Waals surface area (Å²) in [7, 11) is 3.25. The predicted octanol–water partition coefficient (Wildman–Crippen LogP) is 6.00. The van der Waals surface area contributed by atoms with Crippen LogP contribution in [-0.4, -0.2) is 92.4 Å². The number of carboxylic acid groups (broad SMARTS) is 1. The fraction of sp³-hybridized carbons (Fsp3) is 0.611. The Balaban J connectivity index is 1.28. The third-order valence-corrected chi connectivity index (χ3v) is 11.1. The van der Waals surface area contributed by atoms with Gasteiger partial charge >= 0.3 is 12.1 Å². The normalized spacial score (nSPS) is 26.3. The maximum absolute atomic E-state index is 14.7. The second-order valence-electron chi connectivity index (χ2n) is 13.8. The Hall–Kier alpha value is -3.31. The van der Waals surface area contributed by atoms with E-state index in [1.54, 1.807) is 20.3 Å². The first-order chi connectivity index (χ1) is 22.6. The van der Waals surface area contributed by atoms with Gasteiger partial charge in [0.1, 0.15) is 5.75 Å². The van der Waals surface area contributed by atoms with Crippen LogP contribution in [0, 0.1) is 11.8 Å². The van der Waals surface area contributed by atoms with Gasteiger partial charge in [0.15, 0.2) is 0 Å². The number of hydrogen-bond acceptors (Lipinski definition) is 6. The van der Waals surface area contributed by atoms with Crippen molar-refractivity contribution >= 4 is 17.6 Å². The van der Waals surface area contributed by atoms with Crippen molar-refractivity contribution in [3.8, 4) is 5.75 Å². The number of aliphatic carboxylic acids is 1. The molecule has 3 saturated heterocycles. The summed E-state index contributed by atoms with van der Waals surface area (Å²) in [5.74, 6) is -0.929. The van der Waals surface area contributed by atoms with Gasteiger partial charge in [-0.1, -0.05) is 31.0 Å². The lowest BCUT2D eigenvalue weighted by atomic mass is 9.87. The summed E-state index contributed by atoms with van der Waals surface area (Å²) in [5, 5.41) is 9.49. The fourth-order valence-electron chi connectivity index (χ4n) is 8.52. The molecule has 2 aromatic rings. The summed E-state index contributed by atoms with van der Waals surface area (Å²) in [6.45, 7) is 2.97. The van der Waals surface area contributed by atoms with Crippen molar-refractivity contribution < 1.29 is 37.3 Å². The third-order valence-electron chi connectivity index (χ3n) is 11.1. The number of carboxylic acids is 1. The Morgan fingerprint density at radius 2 is 1.64 bits per heavy atom. The van der Waals surface area contributed by atoms with Gasteiger partial charge in [-0.2, -0.15) is 13.2 Å². The minimum Gasteiger partial charge on any atom is -0.497 e. The lowest BCUT2D eigenvalue weighted by Gasteiger charge is -2.34. The number of carbonyl (C=O) groups excluding carboxylic acids is 1. The summed E-state index contributed by atoms with van der Waals surface area (Å²) >= 11 is 0. The Kier molecular flexibility index (Phi) is 10.0. The van der Waals surface area contributed by atoms with Gasteiger partial charge in [0, 0.05) is 63.4 Å². The van der Waals surface area contributed by atoms with E-state index >= 15 is 0 Å². The maximum Gasteiger partial charge on any atom is 0.416 e. The highest BCUT2D eigenvalue weighted by atomic mass is 19.4. The molecule has 2 aromatic carbocycles. The van der Waals surface area contributed by atoms with Gasteiger partial charge < -0.3 is 24.4 Å². The second-order valence-corrected chi connectivity index (χ2v) is 13.8. The van der Waals surface area contributed by atoms with E-state index < -0.39 is 23.6 Å². The number of rotatable bonds is 9. The van der Waals surface area contributed by atoms with Crippen molar-refractivity contribution in [2.75, 3.05) is 58.5 Å². The molecule has 1 N–H and O–H groups in total. The van der Waals surface area contributed by atoms with E-state index in [-0.39, 0.29) is 29.7 Å². The van der Waals surface area contributed by atoms with E-state index in [0.29, 0.717) is 63.8 Å². The Labute approximate surface area is 274 Å². The molecule has 4 fully saturated rings. The monoisotopic (exact) mass is 657 g/mol. The van der Waals surface area contributed by atoms with Gasteiger partial charge in [0.2, 0.25) is 5.91 Å². The molecular formula is C36H46F3N3O5.